The van der Waals surface area contributed by atoms with Crippen LogP contribution in [-0.2, 0) is 16.1 Å². The Balaban J connectivity index is 1.63. The molecule has 2 aromatic carbocycles. The average Bonchev–Trinajstić information content (AvgIpc) is 2.95. The van der Waals surface area contributed by atoms with Gasteiger partial charge in [-0.15, -0.1) is 0 Å². The third kappa shape index (κ3) is 3.45. The highest BCUT2D eigenvalue weighted by Gasteiger charge is 2.39. The molecule has 2 heterocycles. The summed E-state index contributed by atoms with van der Waals surface area (Å²) in [5.74, 6) is -0.902. The van der Waals surface area contributed by atoms with E-state index in [2.05, 4.69) is 5.32 Å². The van der Waals surface area contributed by atoms with Gasteiger partial charge in [0.25, 0.3) is 5.91 Å². The molecule has 1 unspecified atom stereocenters. The molecule has 0 saturated carbocycles. The molecule has 1 atom stereocenters. The summed E-state index contributed by atoms with van der Waals surface area (Å²) in [7, 11) is 0. The van der Waals surface area contributed by atoms with Crippen LogP contribution in [0.3, 0.4) is 0 Å². The number of benzene rings is 2. The Hall–Kier alpha value is -2.02. The second kappa shape index (κ2) is 7.19. The zero-order chi connectivity index (χ0) is 19.1. The molecule has 1 N–H and O–H groups in total. The number of carbonyl (C=O) groups is 3. The molecule has 8 heteroatoms. The fourth-order valence-electron chi connectivity index (χ4n) is 3.33. The molecule has 0 bridgehead atoms. The number of hydrogen-bond acceptors (Lipinski definition) is 4. The Bertz CT molecular complexity index is 979. The summed E-state index contributed by atoms with van der Waals surface area (Å²) >= 11 is 13.7. The Kier molecular flexibility index (Phi) is 4.88. The van der Waals surface area contributed by atoms with Crippen LogP contribution in [0.25, 0.3) is 0 Å². The van der Waals surface area contributed by atoms with Crippen LogP contribution in [-0.4, -0.2) is 28.7 Å². The molecule has 0 aromatic heterocycles. The summed E-state index contributed by atoms with van der Waals surface area (Å²) in [6.07, 6.45) is 0.578. The molecule has 138 valence electrons. The number of halogens is 2. The van der Waals surface area contributed by atoms with Crippen molar-refractivity contribution in [2.24, 2.45) is 0 Å². The topological polar surface area (TPSA) is 66.5 Å². The summed E-state index contributed by atoms with van der Waals surface area (Å²) in [5.41, 5.74) is 1.44. The largest absolute Gasteiger partial charge is 0.322 e. The first kappa shape index (κ1) is 18.3. The van der Waals surface area contributed by atoms with Gasteiger partial charge in [0.1, 0.15) is 6.04 Å². The third-order valence-corrected chi connectivity index (χ3v) is 6.49. The van der Waals surface area contributed by atoms with Crippen molar-refractivity contribution < 1.29 is 14.4 Å². The lowest BCUT2D eigenvalue weighted by Gasteiger charge is -2.29. The van der Waals surface area contributed by atoms with E-state index in [1.807, 2.05) is 18.2 Å². The molecule has 1 fully saturated rings. The number of imide groups is 1. The van der Waals surface area contributed by atoms with Crippen molar-refractivity contribution in [2.45, 2.75) is 35.2 Å². The van der Waals surface area contributed by atoms with Crippen LogP contribution in [0.15, 0.2) is 46.2 Å². The fraction of sp³-hybridized carbons (Fsp3) is 0.211. The van der Waals surface area contributed by atoms with Crippen molar-refractivity contribution in [1.29, 1.82) is 0 Å². The van der Waals surface area contributed by atoms with Gasteiger partial charge < -0.3 is 4.90 Å². The SMILES string of the molecule is O=C1CCC(N2Cc3c(Sc4ccc(Cl)cc4Cl)cccc3C2=O)C(=O)N1. The van der Waals surface area contributed by atoms with Gasteiger partial charge >= 0.3 is 0 Å². The molecule has 2 aromatic rings. The molecule has 1 saturated heterocycles. The second-order valence-corrected chi connectivity index (χ2v) is 8.29. The molecule has 27 heavy (non-hydrogen) atoms. The van der Waals surface area contributed by atoms with E-state index in [0.717, 1.165) is 15.4 Å². The van der Waals surface area contributed by atoms with Crippen LogP contribution < -0.4 is 5.32 Å². The quantitative estimate of drug-likeness (QED) is 0.764. The Morgan fingerprint density at radius 1 is 1.07 bits per heavy atom. The molecule has 2 aliphatic rings. The van der Waals surface area contributed by atoms with Crippen LogP contribution in [0, 0.1) is 0 Å². The first-order chi connectivity index (χ1) is 12.9. The minimum Gasteiger partial charge on any atom is -0.322 e. The van der Waals surface area contributed by atoms with Gasteiger partial charge in [-0.2, -0.15) is 0 Å². The summed E-state index contributed by atoms with van der Waals surface area (Å²) in [6.45, 7) is 0.328. The highest BCUT2D eigenvalue weighted by molar-refractivity contribution is 7.99. The van der Waals surface area contributed by atoms with Crippen LogP contribution in [0.1, 0.15) is 28.8 Å². The van der Waals surface area contributed by atoms with E-state index in [1.165, 1.54) is 11.8 Å². The molecule has 0 spiro atoms. The maximum absolute atomic E-state index is 12.8. The van der Waals surface area contributed by atoms with Gasteiger partial charge in [-0.05, 0) is 42.3 Å². The first-order valence-electron chi connectivity index (χ1n) is 8.33. The number of fused-ring (bicyclic) bond motifs is 1. The normalized spacial score (nSPS) is 19.3. The van der Waals surface area contributed by atoms with E-state index in [-0.39, 0.29) is 18.2 Å². The number of hydrogen-bond donors (Lipinski definition) is 1. The van der Waals surface area contributed by atoms with E-state index in [1.54, 1.807) is 23.1 Å². The molecule has 0 radical (unpaired) electrons. The average molecular weight is 421 g/mol. The molecule has 3 amide bonds. The van der Waals surface area contributed by atoms with Gasteiger partial charge in [0, 0.05) is 33.3 Å². The molecule has 0 aliphatic carbocycles. The number of nitrogens with one attached hydrogen (secondary N) is 1. The highest BCUT2D eigenvalue weighted by atomic mass is 35.5. The number of nitrogens with zero attached hydrogens (tertiary/aromatic N) is 1. The molecular formula is C19H14Cl2N2O3S. The van der Waals surface area contributed by atoms with Crippen molar-refractivity contribution >= 4 is 52.7 Å². The van der Waals surface area contributed by atoms with Crippen molar-refractivity contribution in [1.82, 2.24) is 10.2 Å². The van der Waals surface area contributed by atoms with E-state index < -0.39 is 11.9 Å². The maximum atomic E-state index is 12.8. The van der Waals surface area contributed by atoms with Crippen LogP contribution in [0.5, 0.6) is 0 Å². The smallest absolute Gasteiger partial charge is 0.255 e. The van der Waals surface area contributed by atoms with Crippen molar-refractivity contribution in [3.05, 3.63) is 57.6 Å². The standard InChI is InChI=1S/C19H14Cl2N2O3S/c20-10-4-6-16(13(21)8-10)27-15-3-1-2-11-12(15)9-23(19(11)26)14-5-7-17(24)22-18(14)25/h1-4,6,8,14H,5,7,9H2,(H,22,24,25). The maximum Gasteiger partial charge on any atom is 0.255 e. The lowest BCUT2D eigenvalue weighted by atomic mass is 10.0. The monoisotopic (exact) mass is 420 g/mol. The predicted octanol–water partition coefficient (Wildman–Crippen LogP) is 3.91. The summed E-state index contributed by atoms with van der Waals surface area (Å²) in [5, 5.41) is 3.41. The van der Waals surface area contributed by atoms with Crippen LogP contribution >= 0.6 is 35.0 Å². The zero-order valence-electron chi connectivity index (χ0n) is 14.0. The predicted molar refractivity (Wildman–Crippen MR) is 103 cm³/mol. The second-order valence-electron chi connectivity index (χ2n) is 6.36. The minimum absolute atomic E-state index is 0.191. The summed E-state index contributed by atoms with van der Waals surface area (Å²) < 4.78 is 0. The number of rotatable bonds is 3. The summed E-state index contributed by atoms with van der Waals surface area (Å²) in [4.78, 5) is 39.7. The van der Waals surface area contributed by atoms with E-state index in [0.29, 0.717) is 28.6 Å². The number of carbonyl (C=O) groups excluding carboxylic acids is 3. The van der Waals surface area contributed by atoms with Gasteiger partial charge in [-0.3, -0.25) is 19.7 Å². The van der Waals surface area contributed by atoms with Gasteiger partial charge in [0.05, 0.1) is 5.02 Å². The van der Waals surface area contributed by atoms with Crippen LogP contribution in [0.4, 0.5) is 0 Å². The van der Waals surface area contributed by atoms with E-state index in [9.17, 15) is 14.4 Å². The van der Waals surface area contributed by atoms with Crippen molar-refractivity contribution in [2.75, 3.05) is 0 Å². The van der Waals surface area contributed by atoms with Crippen LogP contribution in [0.2, 0.25) is 10.0 Å². The summed E-state index contributed by atoms with van der Waals surface area (Å²) in [6, 6.07) is 10.2. The van der Waals surface area contributed by atoms with Gasteiger partial charge in [0.15, 0.2) is 0 Å². The third-order valence-electron chi connectivity index (χ3n) is 4.65. The Labute approximate surface area is 170 Å². The van der Waals surface area contributed by atoms with Gasteiger partial charge in [-0.25, -0.2) is 0 Å². The molecule has 5 nitrogen and oxygen atoms in total. The number of amides is 3. The fourth-order valence-corrected chi connectivity index (χ4v) is 4.83. The Morgan fingerprint density at radius 3 is 2.63 bits per heavy atom. The van der Waals surface area contributed by atoms with Crippen molar-refractivity contribution in [3.8, 4) is 0 Å². The minimum atomic E-state index is -0.625. The lowest BCUT2D eigenvalue weighted by molar-refractivity contribution is -0.136. The lowest BCUT2D eigenvalue weighted by Crippen LogP contribution is -2.52. The number of piperidine rings is 1. The van der Waals surface area contributed by atoms with Crippen molar-refractivity contribution in [3.63, 3.8) is 0 Å². The van der Waals surface area contributed by atoms with E-state index >= 15 is 0 Å². The van der Waals surface area contributed by atoms with E-state index in [4.69, 9.17) is 23.2 Å². The van der Waals surface area contributed by atoms with Gasteiger partial charge in [-0.1, -0.05) is 41.0 Å². The molecule has 2 aliphatic heterocycles. The molecular weight excluding hydrogens is 407 g/mol. The highest BCUT2D eigenvalue weighted by Crippen LogP contribution is 2.40. The first-order valence-corrected chi connectivity index (χ1v) is 9.91. The Morgan fingerprint density at radius 2 is 1.89 bits per heavy atom. The zero-order valence-corrected chi connectivity index (χ0v) is 16.3. The molecule has 4 rings (SSSR count). The van der Waals surface area contributed by atoms with Gasteiger partial charge in [0.2, 0.25) is 11.8 Å².